The molecular weight excluding hydrogens is 410 g/mol. The van der Waals surface area contributed by atoms with E-state index in [4.69, 9.17) is 4.74 Å². The van der Waals surface area contributed by atoms with E-state index >= 15 is 0 Å². The van der Waals surface area contributed by atoms with E-state index in [0.717, 1.165) is 0 Å². The lowest BCUT2D eigenvalue weighted by Gasteiger charge is -2.18. The number of carbonyl (C=O) groups is 1. The second-order valence-electron chi connectivity index (χ2n) is 6.87. The second kappa shape index (κ2) is 9.71. The number of ether oxygens (including phenoxy) is 1. The van der Waals surface area contributed by atoms with Gasteiger partial charge in [0.05, 0.1) is 5.75 Å². The highest BCUT2D eigenvalue weighted by atomic mass is 32.2. The highest BCUT2D eigenvalue weighted by Crippen LogP contribution is 2.27. The fourth-order valence-corrected chi connectivity index (χ4v) is 3.69. The van der Waals surface area contributed by atoms with E-state index in [-0.39, 0.29) is 23.5 Å². The van der Waals surface area contributed by atoms with Crippen molar-refractivity contribution in [2.45, 2.75) is 38.1 Å². The molecule has 0 fully saturated rings. The summed E-state index contributed by atoms with van der Waals surface area (Å²) in [5.74, 6) is 0.179. The summed E-state index contributed by atoms with van der Waals surface area (Å²) in [5, 5.41) is 11.7. The van der Waals surface area contributed by atoms with Gasteiger partial charge in [-0.05, 0) is 63.2 Å². The Morgan fingerprint density at radius 2 is 1.83 bits per heavy atom. The van der Waals surface area contributed by atoms with E-state index in [2.05, 4.69) is 15.5 Å². The van der Waals surface area contributed by atoms with Crippen molar-refractivity contribution in [2.75, 3.05) is 11.1 Å². The number of amides is 1. The maximum absolute atomic E-state index is 13.3. The molecule has 0 radical (unpaired) electrons. The Bertz CT molecular complexity index is 1010. The summed E-state index contributed by atoms with van der Waals surface area (Å²) in [5.41, 5.74) is 0.396. The van der Waals surface area contributed by atoms with Gasteiger partial charge in [0.2, 0.25) is 5.91 Å². The van der Waals surface area contributed by atoms with Crippen LogP contribution in [0.5, 0.6) is 5.75 Å². The minimum Gasteiger partial charge on any atom is -0.483 e. The van der Waals surface area contributed by atoms with Crippen molar-refractivity contribution in [3.8, 4) is 5.75 Å². The zero-order chi connectivity index (χ0) is 21.7. The Labute approximate surface area is 177 Å². The number of aromatic nitrogens is 3. The molecule has 0 saturated carbocycles. The molecule has 0 aliphatic carbocycles. The van der Waals surface area contributed by atoms with Crippen LogP contribution < -0.4 is 10.1 Å². The van der Waals surface area contributed by atoms with E-state index in [1.807, 2.05) is 25.3 Å². The number of rotatable bonds is 8. The van der Waals surface area contributed by atoms with Gasteiger partial charge in [-0.3, -0.25) is 4.79 Å². The minimum atomic E-state index is -0.430. The summed E-state index contributed by atoms with van der Waals surface area (Å²) >= 11 is 1.23. The molecule has 1 heterocycles. The Kier molecular flexibility index (Phi) is 7.04. The van der Waals surface area contributed by atoms with Crippen LogP contribution in [0.4, 0.5) is 14.5 Å². The molecule has 1 atom stereocenters. The lowest BCUT2D eigenvalue weighted by Crippen LogP contribution is -2.16. The molecule has 6 nitrogen and oxygen atoms in total. The predicted molar refractivity (Wildman–Crippen MR) is 112 cm³/mol. The van der Waals surface area contributed by atoms with Crippen LogP contribution in [-0.2, 0) is 4.79 Å². The van der Waals surface area contributed by atoms with Gasteiger partial charge in [-0.2, -0.15) is 0 Å². The van der Waals surface area contributed by atoms with Crippen molar-refractivity contribution in [1.82, 2.24) is 14.8 Å². The zero-order valence-corrected chi connectivity index (χ0v) is 17.6. The fraction of sp³-hybridized carbons (Fsp3) is 0.286. The molecule has 30 heavy (non-hydrogen) atoms. The smallest absolute Gasteiger partial charge is 0.234 e. The van der Waals surface area contributed by atoms with Crippen LogP contribution in [0.25, 0.3) is 0 Å². The van der Waals surface area contributed by atoms with Gasteiger partial charge in [0.15, 0.2) is 17.1 Å². The number of nitrogens with zero attached hydrogens (tertiary/aromatic N) is 3. The van der Waals surface area contributed by atoms with Crippen molar-refractivity contribution in [1.29, 1.82) is 0 Å². The van der Waals surface area contributed by atoms with E-state index in [9.17, 15) is 13.6 Å². The van der Waals surface area contributed by atoms with Crippen molar-refractivity contribution in [3.05, 3.63) is 66.0 Å². The monoisotopic (exact) mass is 432 g/mol. The fourth-order valence-electron chi connectivity index (χ4n) is 2.81. The van der Waals surface area contributed by atoms with E-state index in [1.54, 1.807) is 18.2 Å². The molecule has 158 valence electrons. The maximum atomic E-state index is 13.3. The first-order valence-corrected chi connectivity index (χ1v) is 10.4. The summed E-state index contributed by atoms with van der Waals surface area (Å²) in [6.45, 7) is 5.79. The van der Waals surface area contributed by atoms with Crippen LogP contribution in [0.3, 0.4) is 0 Å². The van der Waals surface area contributed by atoms with Crippen molar-refractivity contribution in [3.63, 3.8) is 0 Å². The third-order valence-electron chi connectivity index (χ3n) is 4.14. The number of anilines is 1. The van der Waals surface area contributed by atoms with E-state index < -0.39 is 11.9 Å². The number of halogens is 2. The van der Waals surface area contributed by atoms with Crippen molar-refractivity contribution in [2.24, 2.45) is 0 Å². The van der Waals surface area contributed by atoms with Gasteiger partial charge in [0.1, 0.15) is 17.4 Å². The quantitative estimate of drug-likeness (QED) is 0.507. The summed E-state index contributed by atoms with van der Waals surface area (Å²) in [4.78, 5) is 12.2. The lowest BCUT2D eigenvalue weighted by atomic mass is 10.3. The minimum absolute atomic E-state index is 0.0306. The van der Waals surface area contributed by atoms with Gasteiger partial charge in [-0.1, -0.05) is 17.8 Å². The third-order valence-corrected chi connectivity index (χ3v) is 5.08. The van der Waals surface area contributed by atoms with Crippen LogP contribution in [0.15, 0.2) is 53.7 Å². The molecule has 9 heteroatoms. The predicted octanol–water partition coefficient (Wildman–Crippen LogP) is 5.01. The Hall–Kier alpha value is -2.94. The molecular formula is C21H22F2N4O2S. The van der Waals surface area contributed by atoms with Crippen LogP contribution >= 0.6 is 11.8 Å². The number of benzene rings is 2. The molecule has 1 aromatic heterocycles. The zero-order valence-electron chi connectivity index (χ0n) is 16.8. The highest BCUT2D eigenvalue weighted by Gasteiger charge is 2.22. The molecule has 1 N–H and O–H groups in total. The topological polar surface area (TPSA) is 69.0 Å². The van der Waals surface area contributed by atoms with Gasteiger partial charge in [-0.15, -0.1) is 10.2 Å². The van der Waals surface area contributed by atoms with Gasteiger partial charge >= 0.3 is 0 Å². The van der Waals surface area contributed by atoms with Gasteiger partial charge in [0.25, 0.3) is 0 Å². The van der Waals surface area contributed by atoms with Gasteiger partial charge in [-0.25, -0.2) is 8.78 Å². The largest absolute Gasteiger partial charge is 0.483 e. The molecule has 0 saturated heterocycles. The molecule has 0 aliphatic heterocycles. The van der Waals surface area contributed by atoms with E-state index in [0.29, 0.717) is 22.4 Å². The first-order chi connectivity index (χ1) is 14.3. The molecule has 3 rings (SSSR count). The molecule has 1 amide bonds. The van der Waals surface area contributed by atoms with Crippen LogP contribution in [0.2, 0.25) is 0 Å². The number of hydrogen-bond acceptors (Lipinski definition) is 5. The summed E-state index contributed by atoms with van der Waals surface area (Å²) < 4.78 is 34.1. The average molecular weight is 432 g/mol. The van der Waals surface area contributed by atoms with Gasteiger partial charge < -0.3 is 14.6 Å². The maximum Gasteiger partial charge on any atom is 0.234 e. The Morgan fingerprint density at radius 1 is 1.10 bits per heavy atom. The standard InChI is InChI=1S/C21H22F2N4O2S/c1-13(2)27-20(14(3)29-18-9-7-15(22)8-10-18)25-26-21(27)30-12-19(28)24-17-6-4-5-16(23)11-17/h4-11,13-14H,12H2,1-3H3,(H,24,28). The van der Waals surface area contributed by atoms with Crippen molar-refractivity contribution >= 4 is 23.4 Å². The first-order valence-electron chi connectivity index (χ1n) is 9.38. The number of nitrogens with one attached hydrogen (secondary N) is 1. The first kappa shape index (κ1) is 21.8. The van der Waals surface area contributed by atoms with E-state index in [1.165, 1.54) is 42.1 Å². The number of carbonyl (C=O) groups excluding carboxylic acids is 1. The van der Waals surface area contributed by atoms with Crippen LogP contribution in [-0.4, -0.2) is 26.4 Å². The summed E-state index contributed by atoms with van der Waals surface area (Å²) in [6.07, 6.45) is -0.430. The number of thioether (sulfide) groups is 1. The third kappa shape index (κ3) is 5.56. The van der Waals surface area contributed by atoms with Crippen molar-refractivity contribution < 1.29 is 18.3 Å². The Balaban J connectivity index is 1.67. The lowest BCUT2D eigenvalue weighted by molar-refractivity contribution is -0.113. The SMILES string of the molecule is CC(Oc1ccc(F)cc1)c1nnc(SCC(=O)Nc2cccc(F)c2)n1C(C)C. The summed E-state index contributed by atoms with van der Waals surface area (Å²) in [7, 11) is 0. The molecule has 0 spiro atoms. The highest BCUT2D eigenvalue weighted by molar-refractivity contribution is 7.99. The van der Waals surface area contributed by atoms with Crippen LogP contribution in [0.1, 0.15) is 38.7 Å². The molecule has 0 bridgehead atoms. The van der Waals surface area contributed by atoms with Crippen LogP contribution in [0, 0.1) is 11.6 Å². The molecule has 0 aliphatic rings. The van der Waals surface area contributed by atoms with Gasteiger partial charge in [0, 0.05) is 11.7 Å². The summed E-state index contributed by atoms with van der Waals surface area (Å²) in [6, 6.07) is 11.5. The second-order valence-corrected chi connectivity index (χ2v) is 7.81. The normalized spacial score (nSPS) is 12.1. The molecule has 1 unspecified atom stereocenters. The molecule has 2 aromatic carbocycles. The average Bonchev–Trinajstić information content (AvgIpc) is 3.13. The molecule has 3 aromatic rings. The Morgan fingerprint density at radius 3 is 2.50 bits per heavy atom. The number of hydrogen-bond donors (Lipinski definition) is 1.